The van der Waals surface area contributed by atoms with E-state index >= 15 is 0 Å². The summed E-state index contributed by atoms with van der Waals surface area (Å²) in [5.41, 5.74) is -3.34. The van der Waals surface area contributed by atoms with Crippen LogP contribution in [0.1, 0.15) is 57.6 Å². The first-order valence-electron chi connectivity index (χ1n) is 9.03. The van der Waals surface area contributed by atoms with Crippen molar-refractivity contribution in [3.8, 4) is 0 Å². The molecular weight excluding hydrogens is 386 g/mol. The van der Waals surface area contributed by atoms with Crippen molar-refractivity contribution in [3.63, 3.8) is 0 Å². The summed E-state index contributed by atoms with van der Waals surface area (Å²) < 4.78 is 77.3. The number of rotatable bonds is 2. The molecule has 28 heavy (non-hydrogen) atoms. The number of hydrogen-bond donors (Lipinski definition) is 2. The Hall–Kier alpha value is -1.93. The highest BCUT2D eigenvalue weighted by atomic mass is 19.4. The number of amides is 2. The van der Waals surface area contributed by atoms with E-state index in [4.69, 9.17) is 0 Å². The summed E-state index contributed by atoms with van der Waals surface area (Å²) in [5.74, 6) is 0.506. The van der Waals surface area contributed by atoms with Crippen LogP contribution < -0.4 is 10.6 Å². The molecule has 1 aliphatic carbocycles. The number of benzene rings is 1. The van der Waals surface area contributed by atoms with Crippen molar-refractivity contribution in [2.75, 3.05) is 5.32 Å². The van der Waals surface area contributed by atoms with Crippen LogP contribution in [-0.4, -0.2) is 12.1 Å². The van der Waals surface area contributed by atoms with E-state index in [1.165, 1.54) is 0 Å². The number of halogens is 6. The van der Waals surface area contributed by atoms with Crippen LogP contribution in [-0.2, 0) is 12.4 Å². The molecular formula is C19H24F6N2O. The van der Waals surface area contributed by atoms with Crippen LogP contribution in [0.25, 0.3) is 0 Å². The summed E-state index contributed by atoms with van der Waals surface area (Å²) >= 11 is 0. The molecule has 0 radical (unpaired) electrons. The minimum Gasteiger partial charge on any atom is -0.335 e. The minimum absolute atomic E-state index is 0.0247. The van der Waals surface area contributed by atoms with Gasteiger partial charge in [-0.2, -0.15) is 26.3 Å². The molecule has 0 atom stereocenters. The summed E-state index contributed by atoms with van der Waals surface area (Å²) in [6.07, 6.45) is -6.69. The molecule has 1 fully saturated rings. The molecule has 0 aromatic heterocycles. The molecule has 2 amide bonds. The van der Waals surface area contributed by atoms with Crippen LogP contribution in [0.4, 0.5) is 36.8 Å². The molecule has 3 nitrogen and oxygen atoms in total. The smallest absolute Gasteiger partial charge is 0.335 e. The Balaban J connectivity index is 2.06. The van der Waals surface area contributed by atoms with Crippen molar-refractivity contribution in [3.05, 3.63) is 29.3 Å². The predicted octanol–water partition coefficient (Wildman–Crippen LogP) is 6.45. The number of alkyl halides is 6. The Kier molecular flexibility index (Phi) is 6.25. The van der Waals surface area contributed by atoms with Crippen LogP contribution in [0, 0.1) is 11.3 Å². The van der Waals surface area contributed by atoms with Crippen LogP contribution >= 0.6 is 0 Å². The first-order chi connectivity index (χ1) is 12.7. The van der Waals surface area contributed by atoms with Crippen molar-refractivity contribution in [2.45, 2.75) is 64.8 Å². The maximum atomic E-state index is 12.9. The Bertz CT molecular complexity index is 666. The molecule has 0 spiro atoms. The van der Waals surface area contributed by atoms with Crippen molar-refractivity contribution in [2.24, 2.45) is 11.3 Å². The Morgan fingerprint density at radius 1 is 0.857 bits per heavy atom. The van der Waals surface area contributed by atoms with Gasteiger partial charge in [-0.1, -0.05) is 20.8 Å². The Labute approximate surface area is 159 Å². The van der Waals surface area contributed by atoms with E-state index in [1.807, 2.05) is 0 Å². The third-order valence-electron chi connectivity index (χ3n) is 5.13. The minimum atomic E-state index is -4.96. The van der Waals surface area contributed by atoms with E-state index in [9.17, 15) is 31.1 Å². The van der Waals surface area contributed by atoms with Gasteiger partial charge in [0.25, 0.3) is 0 Å². The zero-order valence-corrected chi connectivity index (χ0v) is 15.9. The SMILES string of the molecule is CC(C)(C)C1CCC(NC(=O)Nc2cc(C(F)(F)F)cc(C(F)(F)F)c2)CC1. The first kappa shape index (κ1) is 22.4. The topological polar surface area (TPSA) is 41.1 Å². The normalized spacial score (nSPS) is 21.3. The van der Waals surface area contributed by atoms with E-state index < -0.39 is 35.2 Å². The molecule has 2 N–H and O–H groups in total. The van der Waals surface area contributed by atoms with Gasteiger partial charge in [0.15, 0.2) is 0 Å². The molecule has 1 aromatic carbocycles. The Morgan fingerprint density at radius 2 is 1.32 bits per heavy atom. The summed E-state index contributed by atoms with van der Waals surface area (Å²) in [6, 6.07) is 0.0335. The van der Waals surface area contributed by atoms with Gasteiger partial charge in [0.2, 0.25) is 0 Å². The summed E-state index contributed by atoms with van der Waals surface area (Å²) in [4.78, 5) is 12.1. The average Bonchev–Trinajstić information content (AvgIpc) is 2.52. The van der Waals surface area contributed by atoms with Gasteiger partial charge in [0, 0.05) is 11.7 Å². The Morgan fingerprint density at radius 3 is 1.71 bits per heavy atom. The number of urea groups is 1. The largest absolute Gasteiger partial charge is 0.416 e. The molecule has 1 saturated carbocycles. The van der Waals surface area contributed by atoms with E-state index in [2.05, 4.69) is 31.4 Å². The molecule has 0 bridgehead atoms. The van der Waals surface area contributed by atoms with Gasteiger partial charge in [0.1, 0.15) is 0 Å². The van der Waals surface area contributed by atoms with Crippen LogP contribution in [0.5, 0.6) is 0 Å². The molecule has 0 saturated heterocycles. The lowest BCUT2D eigenvalue weighted by Crippen LogP contribution is -2.41. The quantitative estimate of drug-likeness (QED) is 0.541. The van der Waals surface area contributed by atoms with Crippen LogP contribution in [0.15, 0.2) is 18.2 Å². The van der Waals surface area contributed by atoms with Crippen molar-refractivity contribution >= 4 is 11.7 Å². The summed E-state index contributed by atoms with van der Waals surface area (Å²) in [7, 11) is 0. The van der Waals surface area contributed by atoms with E-state index in [0.717, 1.165) is 12.8 Å². The third-order valence-corrected chi connectivity index (χ3v) is 5.13. The lowest BCUT2D eigenvalue weighted by molar-refractivity contribution is -0.143. The molecule has 2 rings (SSSR count). The van der Waals surface area contributed by atoms with Gasteiger partial charge in [-0.15, -0.1) is 0 Å². The highest BCUT2D eigenvalue weighted by Crippen LogP contribution is 2.39. The first-order valence-corrected chi connectivity index (χ1v) is 9.03. The standard InChI is InChI=1S/C19H24F6N2O/c1-17(2,3)11-4-6-14(7-5-11)26-16(28)27-15-9-12(18(20,21)22)8-13(10-15)19(23,24)25/h8-11,14H,4-7H2,1-3H3,(H2,26,27,28). The van der Waals surface area contributed by atoms with Crippen molar-refractivity contribution in [1.29, 1.82) is 0 Å². The maximum absolute atomic E-state index is 12.9. The van der Waals surface area contributed by atoms with Gasteiger partial charge in [-0.3, -0.25) is 0 Å². The van der Waals surface area contributed by atoms with Crippen LogP contribution in [0.3, 0.4) is 0 Å². The molecule has 158 valence electrons. The zero-order chi connectivity index (χ0) is 21.3. The third kappa shape index (κ3) is 6.04. The number of carbonyl (C=O) groups excluding carboxylic acids is 1. The lowest BCUT2D eigenvalue weighted by Gasteiger charge is -2.37. The van der Waals surface area contributed by atoms with E-state index in [0.29, 0.717) is 30.9 Å². The van der Waals surface area contributed by atoms with Gasteiger partial charge in [-0.05, 0) is 55.2 Å². The highest BCUT2D eigenvalue weighted by Gasteiger charge is 2.37. The number of anilines is 1. The predicted molar refractivity (Wildman–Crippen MR) is 93.8 cm³/mol. The van der Waals surface area contributed by atoms with Gasteiger partial charge in [-0.25, -0.2) is 4.79 Å². The molecule has 9 heteroatoms. The van der Waals surface area contributed by atoms with E-state index in [1.54, 1.807) is 0 Å². The van der Waals surface area contributed by atoms with E-state index in [-0.39, 0.29) is 17.5 Å². The monoisotopic (exact) mass is 410 g/mol. The zero-order valence-electron chi connectivity index (χ0n) is 15.9. The van der Waals surface area contributed by atoms with Crippen molar-refractivity contribution < 1.29 is 31.1 Å². The molecule has 0 heterocycles. The second kappa shape index (κ2) is 7.83. The van der Waals surface area contributed by atoms with Gasteiger partial charge >= 0.3 is 18.4 Å². The molecule has 0 unspecified atom stereocenters. The second-order valence-electron chi connectivity index (χ2n) is 8.31. The summed E-state index contributed by atoms with van der Waals surface area (Å²) in [6.45, 7) is 6.43. The molecule has 0 aliphatic heterocycles. The van der Waals surface area contributed by atoms with Gasteiger partial charge < -0.3 is 10.6 Å². The highest BCUT2D eigenvalue weighted by molar-refractivity contribution is 5.89. The molecule has 1 aliphatic rings. The fraction of sp³-hybridized carbons (Fsp3) is 0.632. The molecule has 1 aromatic rings. The summed E-state index contributed by atoms with van der Waals surface area (Å²) in [5, 5.41) is 4.75. The van der Waals surface area contributed by atoms with Crippen LogP contribution in [0.2, 0.25) is 0 Å². The number of carbonyl (C=O) groups is 1. The average molecular weight is 410 g/mol. The lowest BCUT2D eigenvalue weighted by atomic mass is 9.71. The fourth-order valence-electron chi connectivity index (χ4n) is 3.48. The van der Waals surface area contributed by atoms with Crippen molar-refractivity contribution in [1.82, 2.24) is 5.32 Å². The maximum Gasteiger partial charge on any atom is 0.416 e. The second-order valence-corrected chi connectivity index (χ2v) is 8.31. The number of hydrogen-bond acceptors (Lipinski definition) is 1. The number of nitrogens with one attached hydrogen (secondary N) is 2. The van der Waals surface area contributed by atoms with Gasteiger partial charge in [0.05, 0.1) is 11.1 Å². The fourth-order valence-corrected chi connectivity index (χ4v) is 3.48.